The Morgan fingerprint density at radius 3 is 2.49 bits per heavy atom. The minimum absolute atomic E-state index is 0.00544. The van der Waals surface area contributed by atoms with E-state index in [2.05, 4.69) is 31.8 Å². The van der Waals surface area contributed by atoms with Crippen molar-refractivity contribution < 1.29 is 14.1 Å². The number of nitrogens with two attached hydrogens (primary N) is 2. The van der Waals surface area contributed by atoms with Crippen molar-refractivity contribution >= 4 is 35.1 Å². The van der Waals surface area contributed by atoms with Crippen molar-refractivity contribution in [1.82, 2.24) is 30.4 Å². The molecule has 35 heavy (non-hydrogen) atoms. The lowest BCUT2D eigenvalue weighted by molar-refractivity contribution is 0.0489. The summed E-state index contributed by atoms with van der Waals surface area (Å²) in [4.78, 5) is 39.8. The van der Waals surface area contributed by atoms with Crippen LogP contribution in [-0.2, 0) is 0 Å². The molecule has 0 radical (unpaired) electrons. The van der Waals surface area contributed by atoms with E-state index in [0.717, 1.165) is 25.8 Å². The maximum atomic E-state index is 13.0. The minimum atomic E-state index is -0.640. The first-order valence-electron chi connectivity index (χ1n) is 11.8. The van der Waals surface area contributed by atoms with Gasteiger partial charge < -0.3 is 20.1 Å². The number of nitrogens with zero attached hydrogens (tertiary/aromatic N) is 6. The van der Waals surface area contributed by atoms with Crippen molar-refractivity contribution in [3.63, 3.8) is 0 Å². The topological polar surface area (TPSA) is 160 Å². The predicted octanol–water partition coefficient (Wildman–Crippen LogP) is 1.13. The molecule has 5 N–H and O–H groups in total. The molecule has 2 aliphatic rings. The molecule has 0 bridgehead atoms. The van der Waals surface area contributed by atoms with Crippen molar-refractivity contribution in [1.29, 1.82) is 0 Å². The zero-order chi connectivity index (χ0) is 25.3. The van der Waals surface area contributed by atoms with E-state index in [0.29, 0.717) is 55.1 Å². The number of nitrogen functional groups attached to an aromatic ring is 2. The highest BCUT2D eigenvalue weighted by atomic mass is 35.5. The molecule has 1 atom stereocenters. The smallest absolute Gasteiger partial charge is 0.287 e. The quantitative estimate of drug-likeness (QED) is 0.305. The van der Waals surface area contributed by atoms with Crippen LogP contribution in [0.5, 0.6) is 0 Å². The van der Waals surface area contributed by atoms with Crippen LogP contribution < -0.4 is 21.9 Å². The van der Waals surface area contributed by atoms with Gasteiger partial charge in [-0.3, -0.25) is 19.9 Å². The Hall–Kier alpha value is -2.96. The Balaban J connectivity index is 1.40. The van der Waals surface area contributed by atoms with Gasteiger partial charge >= 0.3 is 0 Å². The molecule has 13 heteroatoms. The van der Waals surface area contributed by atoms with Gasteiger partial charge in [0.25, 0.3) is 11.8 Å². The summed E-state index contributed by atoms with van der Waals surface area (Å²) in [5, 5.41) is 4.03. The van der Waals surface area contributed by atoms with Gasteiger partial charge in [0.05, 0.1) is 5.69 Å². The second kappa shape index (κ2) is 10.3. The summed E-state index contributed by atoms with van der Waals surface area (Å²) >= 11 is 6.37. The number of carbonyl (C=O) groups excluding carboxylic acids is 2. The first kappa shape index (κ1) is 25.1. The van der Waals surface area contributed by atoms with Crippen LogP contribution >= 0.6 is 11.6 Å². The number of piperazine rings is 1. The van der Waals surface area contributed by atoms with Crippen LogP contribution in [0.1, 0.15) is 58.5 Å². The summed E-state index contributed by atoms with van der Waals surface area (Å²) in [6.07, 6.45) is 2.76. The number of piperidine rings is 1. The third kappa shape index (κ3) is 4.91. The highest BCUT2D eigenvalue weighted by Crippen LogP contribution is 2.30. The Kier molecular flexibility index (Phi) is 7.43. The summed E-state index contributed by atoms with van der Waals surface area (Å²) < 4.78 is 5.18. The number of halogens is 1. The minimum Gasteiger partial charge on any atom is -0.382 e. The Bertz CT molecular complexity index is 1080. The van der Waals surface area contributed by atoms with Crippen molar-refractivity contribution in [2.24, 2.45) is 5.84 Å². The van der Waals surface area contributed by atoms with Gasteiger partial charge in [0.15, 0.2) is 22.5 Å². The highest BCUT2D eigenvalue weighted by molar-refractivity contribution is 6.32. The van der Waals surface area contributed by atoms with Crippen LogP contribution in [0.15, 0.2) is 4.52 Å². The van der Waals surface area contributed by atoms with E-state index in [4.69, 9.17) is 27.7 Å². The molecule has 4 rings (SSSR count). The number of likely N-dealkylation sites (tertiary alicyclic amines) is 1. The van der Waals surface area contributed by atoms with Gasteiger partial charge in [-0.1, -0.05) is 23.7 Å². The number of aromatic nitrogens is 3. The van der Waals surface area contributed by atoms with E-state index in [1.54, 1.807) is 13.8 Å². The molecule has 0 spiro atoms. The van der Waals surface area contributed by atoms with E-state index in [9.17, 15) is 9.59 Å². The monoisotopic (exact) mass is 505 g/mol. The molecule has 0 unspecified atom stereocenters. The number of aryl methyl sites for hydroxylation is 2. The van der Waals surface area contributed by atoms with Gasteiger partial charge in [0.2, 0.25) is 0 Å². The Morgan fingerprint density at radius 2 is 1.89 bits per heavy atom. The summed E-state index contributed by atoms with van der Waals surface area (Å²) in [6.45, 7) is 9.36. The molecule has 190 valence electrons. The number of carbonyl (C=O) groups is 2. The molecule has 0 aromatic carbocycles. The highest BCUT2D eigenvalue weighted by Gasteiger charge is 2.36. The van der Waals surface area contributed by atoms with E-state index in [1.807, 2.05) is 10.3 Å². The third-order valence-electron chi connectivity index (χ3n) is 6.98. The number of hydrazine groups is 1. The summed E-state index contributed by atoms with van der Waals surface area (Å²) in [5.74, 6) is 5.55. The van der Waals surface area contributed by atoms with Gasteiger partial charge in [-0.25, -0.2) is 15.8 Å². The van der Waals surface area contributed by atoms with E-state index in [-0.39, 0.29) is 28.6 Å². The summed E-state index contributed by atoms with van der Waals surface area (Å²) in [5.41, 5.74) is 9.07. The molecule has 2 fully saturated rings. The van der Waals surface area contributed by atoms with E-state index in [1.165, 1.54) is 0 Å². The molecule has 2 amide bonds. The van der Waals surface area contributed by atoms with Crippen LogP contribution in [0.3, 0.4) is 0 Å². The lowest BCUT2D eigenvalue weighted by Gasteiger charge is -2.47. The summed E-state index contributed by atoms with van der Waals surface area (Å²) in [6, 6.07) is 0.669. The predicted molar refractivity (Wildman–Crippen MR) is 131 cm³/mol. The number of anilines is 2. The van der Waals surface area contributed by atoms with Crippen molar-refractivity contribution in [3.05, 3.63) is 27.9 Å². The fourth-order valence-electron chi connectivity index (χ4n) is 5.11. The molecule has 0 saturated carbocycles. The van der Waals surface area contributed by atoms with Crippen LogP contribution in [-0.4, -0.2) is 81.5 Å². The molecule has 12 nitrogen and oxygen atoms in total. The Labute approximate surface area is 208 Å². The third-order valence-corrected chi connectivity index (χ3v) is 7.23. The number of hydrogen-bond donors (Lipinski definition) is 3. The lowest BCUT2D eigenvalue weighted by Crippen LogP contribution is -2.58. The van der Waals surface area contributed by atoms with Crippen molar-refractivity contribution in [3.8, 4) is 0 Å². The zero-order valence-corrected chi connectivity index (χ0v) is 21.0. The van der Waals surface area contributed by atoms with Crippen LogP contribution in [0.25, 0.3) is 0 Å². The fraction of sp³-hybridized carbons (Fsp3) is 0.591. The van der Waals surface area contributed by atoms with Crippen LogP contribution in [0.2, 0.25) is 5.15 Å². The maximum Gasteiger partial charge on any atom is 0.287 e. The van der Waals surface area contributed by atoms with E-state index < -0.39 is 5.91 Å². The average Bonchev–Trinajstić information content (AvgIpc) is 3.21. The van der Waals surface area contributed by atoms with Crippen LogP contribution in [0.4, 0.5) is 11.6 Å². The van der Waals surface area contributed by atoms with Gasteiger partial charge in [0, 0.05) is 44.8 Å². The fourth-order valence-corrected chi connectivity index (χ4v) is 5.35. The molecule has 2 saturated heterocycles. The van der Waals surface area contributed by atoms with Crippen molar-refractivity contribution in [2.45, 2.75) is 52.1 Å². The van der Waals surface area contributed by atoms with Gasteiger partial charge in [-0.05, 0) is 33.1 Å². The zero-order valence-electron chi connectivity index (χ0n) is 20.3. The first-order chi connectivity index (χ1) is 16.7. The molecule has 2 aromatic rings. The SMILES string of the molecule is CC[C@H]1CN(c2nc(N)c(C(=O)NN)nc2Cl)CCN1C1CCN(C(=O)c2c(C)noc2C)CC1. The maximum absolute atomic E-state index is 13.0. The largest absolute Gasteiger partial charge is 0.382 e. The normalized spacial score (nSPS) is 19.7. The lowest BCUT2D eigenvalue weighted by atomic mass is 9.97. The molecule has 2 aromatic heterocycles. The van der Waals surface area contributed by atoms with E-state index >= 15 is 0 Å². The molecular weight excluding hydrogens is 474 g/mol. The standard InChI is InChI=1S/C22H32ClN9O3/c1-4-14-11-31(20-18(23)26-17(19(24)27-20)21(33)28-25)9-10-32(14)15-5-7-30(8-6-15)22(34)16-12(2)29-35-13(16)3/h14-15H,4-11,25H2,1-3H3,(H2,24,27)(H,28,33)/t14-/m0/s1. The second-order valence-corrected chi connectivity index (χ2v) is 9.37. The second-order valence-electron chi connectivity index (χ2n) is 9.01. The number of amides is 2. The Morgan fingerprint density at radius 1 is 1.17 bits per heavy atom. The molecular formula is C22H32ClN9O3. The van der Waals surface area contributed by atoms with Crippen LogP contribution in [0, 0.1) is 13.8 Å². The number of hydrogen-bond acceptors (Lipinski definition) is 10. The number of rotatable bonds is 5. The van der Waals surface area contributed by atoms with Gasteiger partial charge in [-0.15, -0.1) is 0 Å². The molecule has 4 heterocycles. The van der Waals surface area contributed by atoms with Gasteiger partial charge in [-0.2, -0.15) is 0 Å². The summed E-state index contributed by atoms with van der Waals surface area (Å²) in [7, 11) is 0. The number of nitrogens with one attached hydrogen (secondary N) is 1. The molecule has 0 aliphatic carbocycles. The van der Waals surface area contributed by atoms with Gasteiger partial charge in [0.1, 0.15) is 11.3 Å². The average molecular weight is 506 g/mol. The van der Waals surface area contributed by atoms with Crippen molar-refractivity contribution in [2.75, 3.05) is 43.4 Å². The molecule has 2 aliphatic heterocycles. The first-order valence-corrected chi connectivity index (χ1v) is 12.2.